The van der Waals surface area contributed by atoms with E-state index in [1.54, 1.807) is 0 Å². The molecular formula is C14H23ClN4O. The lowest BCUT2D eigenvalue weighted by Crippen LogP contribution is -2.48. The van der Waals surface area contributed by atoms with Crippen LogP contribution in [0.2, 0.25) is 0 Å². The molecule has 1 aromatic heterocycles. The summed E-state index contributed by atoms with van der Waals surface area (Å²) in [6, 6.07) is 0.639. The number of carbonyl (C=O) groups is 1. The average molecular weight is 299 g/mol. The Morgan fingerprint density at radius 2 is 2.00 bits per heavy atom. The second kappa shape index (κ2) is 6.14. The van der Waals surface area contributed by atoms with Crippen LogP contribution < -0.4 is 5.32 Å². The van der Waals surface area contributed by atoms with Crippen LogP contribution in [0, 0.1) is 0 Å². The van der Waals surface area contributed by atoms with Crippen LogP contribution in [0.25, 0.3) is 0 Å². The summed E-state index contributed by atoms with van der Waals surface area (Å²) in [5.41, 5.74) is 2.82. The van der Waals surface area contributed by atoms with Crippen LogP contribution in [-0.4, -0.2) is 39.6 Å². The summed E-state index contributed by atoms with van der Waals surface area (Å²) in [5.74, 6) is 0.0981. The number of fused-ring (bicyclic) bond motifs is 1. The van der Waals surface area contributed by atoms with Crippen molar-refractivity contribution < 1.29 is 4.79 Å². The molecule has 1 fully saturated rings. The van der Waals surface area contributed by atoms with E-state index >= 15 is 0 Å². The van der Waals surface area contributed by atoms with Gasteiger partial charge in [-0.25, -0.2) is 0 Å². The summed E-state index contributed by atoms with van der Waals surface area (Å²) >= 11 is 0. The topological polar surface area (TPSA) is 61.0 Å². The Hall–Kier alpha value is -1.07. The van der Waals surface area contributed by atoms with Crippen molar-refractivity contribution in [2.24, 2.45) is 0 Å². The molecule has 1 aromatic rings. The third kappa shape index (κ3) is 2.56. The molecule has 112 valence electrons. The van der Waals surface area contributed by atoms with Crippen molar-refractivity contribution in [3.8, 4) is 0 Å². The number of nitrogens with one attached hydrogen (secondary N) is 2. The van der Waals surface area contributed by atoms with E-state index in [-0.39, 0.29) is 18.3 Å². The molecule has 2 atom stereocenters. The summed E-state index contributed by atoms with van der Waals surface area (Å²) in [5, 5.41) is 10.6. The smallest absolute Gasteiger partial charge is 0.275 e. The molecule has 6 heteroatoms. The van der Waals surface area contributed by atoms with Gasteiger partial charge >= 0.3 is 0 Å². The fourth-order valence-corrected chi connectivity index (χ4v) is 3.35. The van der Waals surface area contributed by atoms with Gasteiger partial charge in [0.25, 0.3) is 5.91 Å². The van der Waals surface area contributed by atoms with Crippen LogP contribution >= 0.6 is 12.4 Å². The maximum atomic E-state index is 12.8. The molecule has 2 aliphatic heterocycles. The van der Waals surface area contributed by atoms with Crippen LogP contribution in [-0.2, 0) is 13.0 Å². The summed E-state index contributed by atoms with van der Waals surface area (Å²) in [6.07, 6.45) is 4.34. The second-order valence-corrected chi connectivity index (χ2v) is 5.80. The third-order valence-corrected chi connectivity index (χ3v) is 4.44. The highest BCUT2D eigenvalue weighted by atomic mass is 35.5. The second-order valence-electron chi connectivity index (χ2n) is 5.80. The highest BCUT2D eigenvalue weighted by Gasteiger charge is 2.33. The Balaban J connectivity index is 0.00000147. The predicted octanol–water partition coefficient (Wildman–Crippen LogP) is 1.88. The molecule has 0 aromatic carbocycles. The van der Waals surface area contributed by atoms with Gasteiger partial charge in [0.1, 0.15) is 0 Å². The largest absolute Gasteiger partial charge is 0.332 e. The van der Waals surface area contributed by atoms with E-state index in [0.717, 1.165) is 43.6 Å². The van der Waals surface area contributed by atoms with Crippen molar-refractivity contribution in [2.45, 2.75) is 58.2 Å². The van der Waals surface area contributed by atoms with E-state index in [9.17, 15) is 4.79 Å². The fraction of sp³-hybridized carbons (Fsp3) is 0.714. The average Bonchev–Trinajstić information content (AvgIpc) is 2.82. The van der Waals surface area contributed by atoms with E-state index < -0.39 is 0 Å². The quantitative estimate of drug-likeness (QED) is 0.832. The number of H-pyrrole nitrogens is 1. The molecule has 0 aliphatic carbocycles. The van der Waals surface area contributed by atoms with Crippen molar-refractivity contribution in [1.82, 2.24) is 20.4 Å². The van der Waals surface area contributed by atoms with Crippen molar-refractivity contribution in [1.29, 1.82) is 0 Å². The number of aromatic nitrogens is 2. The lowest BCUT2D eigenvalue weighted by Gasteiger charge is -2.38. The molecule has 5 nitrogen and oxygen atoms in total. The number of carbonyl (C=O) groups excluding carboxylic acids is 1. The maximum absolute atomic E-state index is 12.8. The van der Waals surface area contributed by atoms with Gasteiger partial charge < -0.3 is 10.2 Å². The SMILES string of the molecule is CC1CCCC(C)N1C(=O)c1n[nH]c2c1CNCC2.Cl. The number of aromatic amines is 1. The van der Waals surface area contributed by atoms with Crippen LogP contribution in [0.4, 0.5) is 0 Å². The van der Waals surface area contributed by atoms with E-state index in [4.69, 9.17) is 0 Å². The first-order chi connectivity index (χ1) is 9.18. The Bertz CT molecular complexity index is 478. The standard InChI is InChI=1S/C14H22N4O.ClH/c1-9-4-3-5-10(2)18(9)14(19)13-11-8-15-7-6-12(11)16-17-13;/h9-10,15H,3-8H2,1-2H3,(H,16,17);1H. The van der Waals surface area contributed by atoms with Gasteiger partial charge in [-0.2, -0.15) is 5.10 Å². The number of nitrogens with zero attached hydrogens (tertiary/aromatic N) is 2. The molecule has 2 unspecified atom stereocenters. The Morgan fingerprint density at radius 3 is 2.70 bits per heavy atom. The molecule has 0 radical (unpaired) electrons. The number of hydrogen-bond acceptors (Lipinski definition) is 3. The van der Waals surface area contributed by atoms with Crippen molar-refractivity contribution in [3.63, 3.8) is 0 Å². The van der Waals surface area contributed by atoms with Gasteiger partial charge in [-0.1, -0.05) is 0 Å². The van der Waals surface area contributed by atoms with Gasteiger partial charge in [0.15, 0.2) is 5.69 Å². The predicted molar refractivity (Wildman–Crippen MR) is 80.2 cm³/mol. The minimum atomic E-state index is 0. The zero-order chi connectivity index (χ0) is 13.4. The van der Waals surface area contributed by atoms with Crippen LogP contribution in [0.15, 0.2) is 0 Å². The highest BCUT2D eigenvalue weighted by Crippen LogP contribution is 2.26. The molecule has 2 N–H and O–H groups in total. The molecule has 1 saturated heterocycles. The van der Waals surface area contributed by atoms with Crippen LogP contribution in [0.3, 0.4) is 0 Å². The molecule has 3 rings (SSSR count). The summed E-state index contributed by atoms with van der Waals surface area (Å²) < 4.78 is 0. The summed E-state index contributed by atoms with van der Waals surface area (Å²) in [4.78, 5) is 14.8. The van der Waals surface area contributed by atoms with Crippen molar-refractivity contribution in [3.05, 3.63) is 17.0 Å². The number of amides is 1. The number of rotatable bonds is 1. The van der Waals surface area contributed by atoms with Gasteiger partial charge in [0, 0.05) is 42.9 Å². The van der Waals surface area contributed by atoms with E-state index in [0.29, 0.717) is 17.8 Å². The molecule has 20 heavy (non-hydrogen) atoms. The first-order valence-electron chi connectivity index (χ1n) is 7.28. The van der Waals surface area contributed by atoms with Gasteiger partial charge in [-0.05, 0) is 33.1 Å². The number of likely N-dealkylation sites (tertiary alicyclic amines) is 1. The lowest BCUT2D eigenvalue weighted by molar-refractivity contribution is 0.0503. The first-order valence-corrected chi connectivity index (χ1v) is 7.28. The zero-order valence-electron chi connectivity index (χ0n) is 12.1. The summed E-state index contributed by atoms with van der Waals surface area (Å²) in [6.45, 7) is 6.00. The lowest BCUT2D eigenvalue weighted by atomic mass is 9.96. The summed E-state index contributed by atoms with van der Waals surface area (Å²) in [7, 11) is 0. The molecule has 3 heterocycles. The van der Waals surface area contributed by atoms with Crippen LogP contribution in [0.5, 0.6) is 0 Å². The molecule has 0 spiro atoms. The van der Waals surface area contributed by atoms with Gasteiger partial charge in [-0.15, -0.1) is 12.4 Å². The monoisotopic (exact) mass is 298 g/mol. The van der Waals surface area contributed by atoms with Gasteiger partial charge in [-0.3, -0.25) is 9.89 Å². The fourth-order valence-electron chi connectivity index (χ4n) is 3.35. The van der Waals surface area contributed by atoms with Crippen LogP contribution in [0.1, 0.15) is 54.9 Å². The third-order valence-electron chi connectivity index (χ3n) is 4.44. The minimum absolute atomic E-state index is 0. The first kappa shape index (κ1) is 15.3. The molecule has 0 bridgehead atoms. The zero-order valence-corrected chi connectivity index (χ0v) is 12.9. The number of hydrogen-bond donors (Lipinski definition) is 2. The van der Waals surface area contributed by atoms with Crippen molar-refractivity contribution >= 4 is 18.3 Å². The van der Waals surface area contributed by atoms with Gasteiger partial charge in [0.05, 0.1) is 0 Å². The molecule has 2 aliphatic rings. The highest BCUT2D eigenvalue weighted by molar-refractivity contribution is 5.94. The normalized spacial score (nSPS) is 25.8. The van der Waals surface area contributed by atoms with E-state index in [1.165, 1.54) is 6.42 Å². The Morgan fingerprint density at radius 1 is 1.30 bits per heavy atom. The Kier molecular flexibility index (Phi) is 4.70. The number of halogens is 1. The Labute approximate surface area is 125 Å². The molecular weight excluding hydrogens is 276 g/mol. The van der Waals surface area contributed by atoms with Gasteiger partial charge in [0.2, 0.25) is 0 Å². The van der Waals surface area contributed by atoms with E-state index in [2.05, 4.69) is 29.4 Å². The minimum Gasteiger partial charge on any atom is -0.332 e. The maximum Gasteiger partial charge on any atom is 0.275 e. The van der Waals surface area contributed by atoms with E-state index in [1.807, 2.05) is 4.90 Å². The molecule has 1 amide bonds. The number of piperidine rings is 1. The molecule has 0 saturated carbocycles. The van der Waals surface area contributed by atoms with Crippen molar-refractivity contribution in [2.75, 3.05) is 6.54 Å².